The minimum absolute atomic E-state index is 0.132. The van der Waals surface area contributed by atoms with Crippen LogP contribution in [-0.4, -0.2) is 49.6 Å². The van der Waals surface area contributed by atoms with Gasteiger partial charge in [0, 0.05) is 12.1 Å². The van der Waals surface area contributed by atoms with E-state index in [0.29, 0.717) is 18.0 Å². The number of methoxy groups -OCH3 is 1. The maximum Gasteiger partial charge on any atom is 0.405 e. The van der Waals surface area contributed by atoms with E-state index in [4.69, 9.17) is 4.74 Å². The van der Waals surface area contributed by atoms with E-state index >= 15 is 0 Å². The van der Waals surface area contributed by atoms with E-state index in [9.17, 15) is 22.8 Å². The van der Waals surface area contributed by atoms with Crippen molar-refractivity contribution in [3.05, 3.63) is 59.7 Å². The molecular weight excluding hydrogens is 399 g/mol. The first-order valence-electron chi connectivity index (χ1n) is 9.18. The summed E-state index contributed by atoms with van der Waals surface area (Å²) in [4.78, 5) is 26.1. The second-order valence-corrected chi connectivity index (χ2v) is 6.78. The molecule has 0 heterocycles. The number of likely N-dealkylation sites (N-methyl/N-ethyl adjacent to an activating group) is 1. The number of para-hydroxylation sites is 2. The van der Waals surface area contributed by atoms with Crippen molar-refractivity contribution in [3.8, 4) is 5.75 Å². The molecule has 0 aromatic heterocycles. The van der Waals surface area contributed by atoms with Gasteiger partial charge in [0.2, 0.25) is 5.91 Å². The van der Waals surface area contributed by atoms with Crippen molar-refractivity contribution in [1.82, 2.24) is 10.2 Å². The van der Waals surface area contributed by atoms with Gasteiger partial charge < -0.3 is 15.4 Å². The van der Waals surface area contributed by atoms with Gasteiger partial charge in [-0.1, -0.05) is 24.3 Å². The molecule has 0 spiro atoms. The fourth-order valence-electron chi connectivity index (χ4n) is 2.65. The number of nitrogens with zero attached hydrogens (tertiary/aromatic N) is 1. The highest BCUT2D eigenvalue weighted by molar-refractivity contribution is 5.96. The molecule has 2 aromatic rings. The molecule has 2 aromatic carbocycles. The van der Waals surface area contributed by atoms with Crippen molar-refractivity contribution >= 4 is 17.5 Å². The Labute approximate surface area is 173 Å². The van der Waals surface area contributed by atoms with E-state index in [2.05, 4.69) is 5.32 Å². The van der Waals surface area contributed by atoms with Gasteiger partial charge in [0.15, 0.2) is 0 Å². The number of alkyl halides is 3. The molecule has 30 heavy (non-hydrogen) atoms. The van der Waals surface area contributed by atoms with Crippen LogP contribution in [0.3, 0.4) is 0 Å². The summed E-state index contributed by atoms with van der Waals surface area (Å²) in [5, 5.41) is 4.65. The summed E-state index contributed by atoms with van der Waals surface area (Å²) in [6.45, 7) is 0.782. The zero-order valence-corrected chi connectivity index (χ0v) is 16.9. The van der Waals surface area contributed by atoms with Crippen LogP contribution in [0.5, 0.6) is 5.75 Å². The van der Waals surface area contributed by atoms with Gasteiger partial charge in [-0.3, -0.25) is 14.5 Å². The Morgan fingerprint density at radius 1 is 1.10 bits per heavy atom. The smallest absolute Gasteiger partial charge is 0.405 e. The molecule has 9 heteroatoms. The standard InChI is InChI=1S/C21H24F3N3O3/c1-14(19(28)26-17-6-4-5-7-18(17)30-3)27(2)12-15-8-10-16(11-9-15)20(29)25-13-21(22,23)24/h4-11,14H,12-13H2,1-3H3,(H,25,29)(H,26,28)/t14-/m1/s1. The van der Waals surface area contributed by atoms with Crippen LogP contribution >= 0.6 is 0 Å². The van der Waals surface area contributed by atoms with Crippen LogP contribution in [0.15, 0.2) is 48.5 Å². The first-order valence-corrected chi connectivity index (χ1v) is 9.18. The molecule has 2 amide bonds. The van der Waals surface area contributed by atoms with Crippen molar-refractivity contribution in [3.63, 3.8) is 0 Å². The molecule has 2 rings (SSSR count). The Balaban J connectivity index is 1.93. The third-order valence-corrected chi connectivity index (χ3v) is 4.50. The normalized spacial score (nSPS) is 12.4. The molecule has 0 unspecified atom stereocenters. The molecule has 0 fully saturated rings. The number of anilines is 1. The van der Waals surface area contributed by atoms with Crippen molar-refractivity contribution in [2.45, 2.75) is 25.7 Å². The predicted molar refractivity (Wildman–Crippen MR) is 107 cm³/mol. The average molecular weight is 423 g/mol. The summed E-state index contributed by atoms with van der Waals surface area (Å²) in [6, 6.07) is 12.8. The SMILES string of the molecule is COc1ccccc1NC(=O)[C@@H](C)N(C)Cc1ccc(C(=O)NCC(F)(F)F)cc1. The minimum atomic E-state index is -4.46. The fourth-order valence-corrected chi connectivity index (χ4v) is 2.65. The summed E-state index contributed by atoms with van der Waals surface area (Å²) in [6.07, 6.45) is -4.46. The number of ether oxygens (including phenoxy) is 1. The number of nitrogens with one attached hydrogen (secondary N) is 2. The van der Waals surface area contributed by atoms with Gasteiger partial charge in [0.1, 0.15) is 12.3 Å². The largest absolute Gasteiger partial charge is 0.495 e. The zero-order valence-electron chi connectivity index (χ0n) is 16.9. The summed E-state index contributed by atoms with van der Waals surface area (Å²) in [7, 11) is 3.30. The van der Waals surface area contributed by atoms with Gasteiger partial charge in [-0.25, -0.2) is 0 Å². The average Bonchev–Trinajstić information content (AvgIpc) is 2.71. The number of hydrogen-bond acceptors (Lipinski definition) is 4. The summed E-state index contributed by atoms with van der Waals surface area (Å²) < 4.78 is 41.8. The Bertz CT molecular complexity index is 870. The number of hydrogen-bond donors (Lipinski definition) is 2. The highest BCUT2D eigenvalue weighted by Gasteiger charge is 2.28. The second kappa shape index (κ2) is 10.1. The Kier molecular flexibility index (Phi) is 7.82. The maximum absolute atomic E-state index is 12.6. The predicted octanol–water partition coefficient (Wildman–Crippen LogP) is 3.45. The van der Waals surface area contributed by atoms with Crippen molar-refractivity contribution in [2.24, 2.45) is 0 Å². The summed E-state index contributed by atoms with van der Waals surface area (Å²) in [5.74, 6) is -0.456. The van der Waals surface area contributed by atoms with Gasteiger partial charge in [-0.15, -0.1) is 0 Å². The van der Waals surface area contributed by atoms with Crippen LogP contribution < -0.4 is 15.4 Å². The van der Waals surface area contributed by atoms with Gasteiger partial charge in [0.05, 0.1) is 18.8 Å². The molecule has 162 valence electrons. The van der Waals surface area contributed by atoms with Gasteiger partial charge in [-0.2, -0.15) is 13.2 Å². The monoisotopic (exact) mass is 423 g/mol. The number of benzene rings is 2. The van der Waals surface area contributed by atoms with Crippen LogP contribution in [-0.2, 0) is 11.3 Å². The Hall–Kier alpha value is -3.07. The van der Waals surface area contributed by atoms with Crippen molar-refractivity contribution < 1.29 is 27.5 Å². The molecule has 2 N–H and O–H groups in total. The lowest BCUT2D eigenvalue weighted by molar-refractivity contribution is -0.123. The van der Waals surface area contributed by atoms with Gasteiger partial charge in [-0.05, 0) is 43.8 Å². The molecule has 0 aliphatic heterocycles. The molecule has 0 saturated carbocycles. The molecule has 0 bridgehead atoms. The fraction of sp³-hybridized carbons (Fsp3) is 0.333. The van der Waals surface area contributed by atoms with Crippen molar-refractivity contribution in [1.29, 1.82) is 0 Å². The Morgan fingerprint density at radius 2 is 1.73 bits per heavy atom. The number of carbonyl (C=O) groups is 2. The topological polar surface area (TPSA) is 70.7 Å². The van der Waals surface area contributed by atoms with Crippen molar-refractivity contribution in [2.75, 3.05) is 26.0 Å². The third kappa shape index (κ3) is 6.77. The number of rotatable bonds is 8. The molecule has 0 radical (unpaired) electrons. The van der Waals surface area contributed by atoms with E-state index in [1.54, 1.807) is 50.4 Å². The Morgan fingerprint density at radius 3 is 2.33 bits per heavy atom. The van der Waals surface area contributed by atoms with Crippen LogP contribution in [0.4, 0.5) is 18.9 Å². The van der Waals surface area contributed by atoms with E-state index in [1.807, 2.05) is 10.2 Å². The highest BCUT2D eigenvalue weighted by atomic mass is 19.4. The summed E-state index contributed by atoms with van der Waals surface area (Å²) >= 11 is 0. The van der Waals surface area contributed by atoms with Crippen LogP contribution in [0.25, 0.3) is 0 Å². The first-order chi connectivity index (χ1) is 14.1. The van der Waals surface area contributed by atoms with Crippen LogP contribution in [0.1, 0.15) is 22.8 Å². The number of carbonyl (C=O) groups excluding carboxylic acids is 2. The minimum Gasteiger partial charge on any atom is -0.495 e. The van der Waals surface area contributed by atoms with E-state index < -0.39 is 24.7 Å². The lowest BCUT2D eigenvalue weighted by Gasteiger charge is -2.24. The lowest BCUT2D eigenvalue weighted by atomic mass is 10.1. The quantitative estimate of drug-likeness (QED) is 0.683. The molecule has 6 nitrogen and oxygen atoms in total. The van der Waals surface area contributed by atoms with E-state index in [-0.39, 0.29) is 11.5 Å². The van der Waals surface area contributed by atoms with Gasteiger partial charge in [0.25, 0.3) is 5.91 Å². The lowest BCUT2D eigenvalue weighted by Crippen LogP contribution is -2.39. The molecule has 0 aliphatic carbocycles. The molecular formula is C21H24F3N3O3. The third-order valence-electron chi connectivity index (χ3n) is 4.50. The maximum atomic E-state index is 12.6. The molecule has 0 aliphatic rings. The second-order valence-electron chi connectivity index (χ2n) is 6.78. The number of amides is 2. The van der Waals surface area contributed by atoms with E-state index in [1.165, 1.54) is 19.2 Å². The van der Waals surface area contributed by atoms with E-state index in [0.717, 1.165) is 5.56 Å². The van der Waals surface area contributed by atoms with Gasteiger partial charge >= 0.3 is 6.18 Å². The molecule has 1 atom stereocenters. The first kappa shape index (κ1) is 23.2. The highest BCUT2D eigenvalue weighted by Crippen LogP contribution is 2.23. The zero-order chi connectivity index (χ0) is 22.3. The summed E-state index contributed by atoms with van der Waals surface area (Å²) in [5.41, 5.74) is 1.51. The van der Waals surface area contributed by atoms with Crippen LogP contribution in [0.2, 0.25) is 0 Å². The molecule has 0 saturated heterocycles. The van der Waals surface area contributed by atoms with Crippen LogP contribution in [0, 0.1) is 0 Å². The number of halogens is 3.